The maximum atomic E-state index is 12.2. The molecule has 2 aromatic carbocycles. The first-order valence-electron chi connectivity index (χ1n) is 8.73. The minimum atomic E-state index is -0.0651. The smallest absolute Gasteiger partial charge is 0.258 e. The molecule has 0 aliphatic heterocycles. The molecule has 0 saturated heterocycles. The number of hydrogen-bond acceptors (Lipinski definition) is 2. The highest BCUT2D eigenvalue weighted by atomic mass is 16.5. The van der Waals surface area contributed by atoms with Gasteiger partial charge in [-0.25, -0.2) is 0 Å². The molecule has 3 rings (SSSR count). The van der Waals surface area contributed by atoms with Crippen molar-refractivity contribution in [2.45, 2.75) is 45.1 Å². The van der Waals surface area contributed by atoms with Gasteiger partial charge in [-0.2, -0.15) is 0 Å². The van der Waals surface area contributed by atoms with Crippen molar-refractivity contribution in [3.8, 4) is 5.75 Å². The molecule has 0 radical (unpaired) electrons. The fraction of sp³-hybridized carbons (Fsp3) is 0.381. The molecule has 0 fully saturated rings. The summed E-state index contributed by atoms with van der Waals surface area (Å²) in [5.41, 5.74) is 3.86. The van der Waals surface area contributed by atoms with E-state index in [0.29, 0.717) is 5.92 Å². The Morgan fingerprint density at radius 1 is 1.17 bits per heavy atom. The van der Waals surface area contributed by atoms with Gasteiger partial charge in [0.2, 0.25) is 0 Å². The van der Waals surface area contributed by atoms with Gasteiger partial charge in [-0.3, -0.25) is 4.79 Å². The van der Waals surface area contributed by atoms with Crippen LogP contribution >= 0.6 is 0 Å². The van der Waals surface area contributed by atoms with Gasteiger partial charge in [0.25, 0.3) is 5.91 Å². The number of fused-ring (bicyclic) bond motifs is 1. The SMILES string of the molecule is CC(C)c1ccc(OCC(=O)NC2CCCc3ccccc32)cc1. The number of hydrogen-bond donors (Lipinski definition) is 1. The van der Waals surface area contributed by atoms with Crippen molar-refractivity contribution in [2.75, 3.05) is 6.61 Å². The van der Waals surface area contributed by atoms with Crippen LogP contribution in [-0.2, 0) is 11.2 Å². The van der Waals surface area contributed by atoms with E-state index in [1.807, 2.05) is 18.2 Å². The molecule has 0 bridgehead atoms. The van der Waals surface area contributed by atoms with Gasteiger partial charge in [-0.05, 0) is 54.0 Å². The zero-order valence-corrected chi connectivity index (χ0v) is 14.4. The van der Waals surface area contributed by atoms with Crippen molar-refractivity contribution in [3.05, 3.63) is 65.2 Å². The predicted molar refractivity (Wildman–Crippen MR) is 96.3 cm³/mol. The van der Waals surface area contributed by atoms with E-state index in [4.69, 9.17) is 4.74 Å². The van der Waals surface area contributed by atoms with E-state index in [2.05, 4.69) is 49.5 Å². The van der Waals surface area contributed by atoms with E-state index in [-0.39, 0.29) is 18.6 Å². The fourth-order valence-electron chi connectivity index (χ4n) is 3.24. The number of rotatable bonds is 5. The molecule has 0 heterocycles. The molecule has 0 spiro atoms. The lowest BCUT2D eigenvalue weighted by molar-refractivity contribution is -0.123. The Kier molecular flexibility index (Phi) is 5.19. The van der Waals surface area contributed by atoms with Gasteiger partial charge in [0.15, 0.2) is 6.61 Å². The van der Waals surface area contributed by atoms with Crippen LogP contribution in [0.25, 0.3) is 0 Å². The molecule has 1 unspecified atom stereocenters. The highest BCUT2D eigenvalue weighted by Crippen LogP contribution is 2.29. The topological polar surface area (TPSA) is 38.3 Å². The summed E-state index contributed by atoms with van der Waals surface area (Å²) >= 11 is 0. The number of ether oxygens (including phenoxy) is 1. The first kappa shape index (κ1) is 16.6. The maximum absolute atomic E-state index is 12.2. The molecule has 3 nitrogen and oxygen atoms in total. The molecule has 1 N–H and O–H groups in total. The van der Waals surface area contributed by atoms with E-state index in [1.54, 1.807) is 0 Å². The summed E-state index contributed by atoms with van der Waals surface area (Å²) in [4.78, 5) is 12.2. The number of amides is 1. The molecule has 2 aromatic rings. The summed E-state index contributed by atoms with van der Waals surface area (Å²) in [5, 5.41) is 3.11. The first-order chi connectivity index (χ1) is 11.6. The zero-order chi connectivity index (χ0) is 16.9. The molecule has 24 heavy (non-hydrogen) atoms. The molecule has 0 aromatic heterocycles. The maximum Gasteiger partial charge on any atom is 0.258 e. The molecule has 1 aliphatic carbocycles. The second-order valence-corrected chi connectivity index (χ2v) is 6.72. The Morgan fingerprint density at radius 2 is 1.92 bits per heavy atom. The van der Waals surface area contributed by atoms with E-state index in [0.717, 1.165) is 25.0 Å². The van der Waals surface area contributed by atoms with E-state index in [9.17, 15) is 4.79 Å². The molecule has 1 aliphatic rings. The predicted octanol–water partition coefficient (Wildman–Crippen LogP) is 4.38. The van der Waals surface area contributed by atoms with Crippen LogP contribution < -0.4 is 10.1 Å². The van der Waals surface area contributed by atoms with Crippen LogP contribution in [0.3, 0.4) is 0 Å². The highest BCUT2D eigenvalue weighted by Gasteiger charge is 2.21. The van der Waals surface area contributed by atoms with Crippen LogP contribution in [0.1, 0.15) is 55.3 Å². The fourth-order valence-corrected chi connectivity index (χ4v) is 3.24. The third-order valence-corrected chi connectivity index (χ3v) is 4.62. The number of aryl methyl sites for hydroxylation is 1. The van der Waals surface area contributed by atoms with Gasteiger partial charge in [-0.1, -0.05) is 50.2 Å². The second-order valence-electron chi connectivity index (χ2n) is 6.72. The Balaban J connectivity index is 1.55. The normalized spacial score (nSPS) is 16.5. The first-order valence-corrected chi connectivity index (χ1v) is 8.73. The lowest BCUT2D eigenvalue weighted by Gasteiger charge is -2.26. The average Bonchev–Trinajstić information content (AvgIpc) is 2.61. The van der Waals surface area contributed by atoms with Gasteiger partial charge >= 0.3 is 0 Å². The Labute approximate surface area is 144 Å². The number of nitrogens with one attached hydrogen (secondary N) is 1. The van der Waals surface area contributed by atoms with Gasteiger partial charge in [0.05, 0.1) is 6.04 Å². The van der Waals surface area contributed by atoms with Crippen molar-refractivity contribution in [1.82, 2.24) is 5.32 Å². The molecule has 3 heteroatoms. The summed E-state index contributed by atoms with van der Waals surface area (Å²) in [6.45, 7) is 4.37. The van der Waals surface area contributed by atoms with Crippen LogP contribution in [0.15, 0.2) is 48.5 Å². The minimum Gasteiger partial charge on any atom is -0.484 e. The van der Waals surface area contributed by atoms with Crippen LogP contribution in [-0.4, -0.2) is 12.5 Å². The lowest BCUT2D eigenvalue weighted by Crippen LogP contribution is -2.34. The van der Waals surface area contributed by atoms with Crippen molar-refractivity contribution >= 4 is 5.91 Å². The monoisotopic (exact) mass is 323 g/mol. The molecular weight excluding hydrogens is 298 g/mol. The molecule has 0 saturated carbocycles. The molecular formula is C21H25NO2. The van der Waals surface area contributed by atoms with Crippen molar-refractivity contribution < 1.29 is 9.53 Å². The molecule has 126 valence electrons. The standard InChI is InChI=1S/C21H25NO2/c1-15(2)16-10-12-18(13-11-16)24-14-21(23)22-20-9-5-7-17-6-3-4-8-19(17)20/h3-4,6,8,10-13,15,20H,5,7,9,14H2,1-2H3,(H,22,23). The van der Waals surface area contributed by atoms with Crippen molar-refractivity contribution in [2.24, 2.45) is 0 Å². The van der Waals surface area contributed by atoms with E-state index in [1.165, 1.54) is 16.7 Å². The van der Waals surface area contributed by atoms with E-state index < -0.39 is 0 Å². The number of benzene rings is 2. The van der Waals surface area contributed by atoms with Gasteiger partial charge in [0, 0.05) is 0 Å². The summed E-state index contributed by atoms with van der Waals surface area (Å²) in [6, 6.07) is 16.4. The summed E-state index contributed by atoms with van der Waals surface area (Å²) in [5.74, 6) is 1.16. The van der Waals surface area contributed by atoms with Gasteiger partial charge in [-0.15, -0.1) is 0 Å². The Bertz CT molecular complexity index is 691. The van der Waals surface area contributed by atoms with Gasteiger partial charge < -0.3 is 10.1 Å². The highest BCUT2D eigenvalue weighted by molar-refractivity contribution is 5.78. The van der Waals surface area contributed by atoms with Crippen molar-refractivity contribution in [1.29, 1.82) is 0 Å². The number of carbonyl (C=O) groups excluding carboxylic acids is 1. The van der Waals surface area contributed by atoms with Crippen molar-refractivity contribution in [3.63, 3.8) is 0 Å². The summed E-state index contributed by atoms with van der Waals surface area (Å²) < 4.78 is 5.62. The number of carbonyl (C=O) groups is 1. The Hall–Kier alpha value is -2.29. The van der Waals surface area contributed by atoms with Crippen LogP contribution in [0.5, 0.6) is 5.75 Å². The zero-order valence-electron chi connectivity index (χ0n) is 14.4. The summed E-state index contributed by atoms with van der Waals surface area (Å²) in [7, 11) is 0. The lowest BCUT2D eigenvalue weighted by atomic mass is 9.88. The second kappa shape index (κ2) is 7.52. The van der Waals surface area contributed by atoms with E-state index >= 15 is 0 Å². The molecule has 1 amide bonds. The summed E-state index contributed by atoms with van der Waals surface area (Å²) in [6.07, 6.45) is 3.20. The van der Waals surface area contributed by atoms with Crippen LogP contribution in [0, 0.1) is 0 Å². The Morgan fingerprint density at radius 3 is 2.67 bits per heavy atom. The quantitative estimate of drug-likeness (QED) is 0.886. The molecule has 1 atom stereocenters. The average molecular weight is 323 g/mol. The largest absolute Gasteiger partial charge is 0.484 e. The van der Waals surface area contributed by atoms with Gasteiger partial charge in [0.1, 0.15) is 5.75 Å². The third kappa shape index (κ3) is 3.97. The van der Waals surface area contributed by atoms with Crippen LogP contribution in [0.2, 0.25) is 0 Å². The minimum absolute atomic E-state index is 0.0553. The van der Waals surface area contributed by atoms with Crippen LogP contribution in [0.4, 0.5) is 0 Å². The third-order valence-electron chi connectivity index (χ3n) is 4.62.